The molecule has 0 saturated carbocycles. The number of aryl methyl sites for hydroxylation is 2. The SMILES string of the molecule is CCn1cc(CN(C)C(=S)Nc2ccc(S(N)(=O)=O)cc2)c(C)n1. The van der Waals surface area contributed by atoms with E-state index in [-0.39, 0.29) is 4.90 Å². The molecule has 0 saturated heterocycles. The van der Waals surface area contributed by atoms with Crippen molar-refractivity contribution in [3.8, 4) is 0 Å². The van der Waals surface area contributed by atoms with Crippen LogP contribution >= 0.6 is 12.2 Å². The fraction of sp³-hybridized carbons (Fsp3) is 0.333. The van der Waals surface area contributed by atoms with Gasteiger partial charge in [-0.2, -0.15) is 5.10 Å². The van der Waals surface area contributed by atoms with Crippen LogP contribution in [0.4, 0.5) is 5.69 Å². The summed E-state index contributed by atoms with van der Waals surface area (Å²) in [5, 5.41) is 13.1. The van der Waals surface area contributed by atoms with Gasteiger partial charge in [-0.15, -0.1) is 0 Å². The molecule has 7 nitrogen and oxygen atoms in total. The lowest BCUT2D eigenvalue weighted by molar-refractivity contribution is 0.506. The maximum absolute atomic E-state index is 11.3. The summed E-state index contributed by atoms with van der Waals surface area (Å²) in [5.41, 5.74) is 2.78. The van der Waals surface area contributed by atoms with Gasteiger partial charge >= 0.3 is 0 Å². The Balaban J connectivity index is 2.02. The molecule has 24 heavy (non-hydrogen) atoms. The lowest BCUT2D eigenvalue weighted by Gasteiger charge is -2.20. The molecule has 9 heteroatoms. The van der Waals surface area contributed by atoms with E-state index in [1.54, 1.807) is 12.1 Å². The zero-order valence-corrected chi connectivity index (χ0v) is 15.5. The van der Waals surface area contributed by atoms with Crippen molar-refractivity contribution >= 4 is 33.0 Å². The Morgan fingerprint density at radius 2 is 2.00 bits per heavy atom. The van der Waals surface area contributed by atoms with Crippen molar-refractivity contribution in [2.75, 3.05) is 12.4 Å². The Labute approximate surface area is 147 Å². The Hall–Kier alpha value is -1.97. The summed E-state index contributed by atoms with van der Waals surface area (Å²) in [6.07, 6.45) is 2.01. The first kappa shape index (κ1) is 18.4. The normalized spacial score (nSPS) is 11.3. The Kier molecular flexibility index (Phi) is 5.58. The van der Waals surface area contributed by atoms with Crippen LogP contribution in [0, 0.1) is 6.92 Å². The minimum absolute atomic E-state index is 0.0647. The molecule has 2 aromatic rings. The summed E-state index contributed by atoms with van der Waals surface area (Å²) >= 11 is 5.39. The van der Waals surface area contributed by atoms with Crippen LogP contribution in [0.25, 0.3) is 0 Å². The monoisotopic (exact) mass is 367 g/mol. The van der Waals surface area contributed by atoms with Crippen molar-refractivity contribution in [2.45, 2.75) is 31.8 Å². The number of rotatable bonds is 5. The van der Waals surface area contributed by atoms with Crippen LogP contribution in [-0.2, 0) is 23.1 Å². The maximum Gasteiger partial charge on any atom is 0.238 e. The van der Waals surface area contributed by atoms with E-state index >= 15 is 0 Å². The van der Waals surface area contributed by atoms with Crippen LogP contribution in [-0.4, -0.2) is 35.3 Å². The van der Waals surface area contributed by atoms with Gasteiger partial charge in [0.15, 0.2) is 5.11 Å². The molecule has 0 spiro atoms. The first-order chi connectivity index (χ1) is 11.2. The summed E-state index contributed by atoms with van der Waals surface area (Å²) in [6.45, 7) is 5.46. The number of anilines is 1. The third-order valence-electron chi connectivity index (χ3n) is 3.56. The van der Waals surface area contributed by atoms with Crippen molar-refractivity contribution in [2.24, 2.45) is 5.14 Å². The number of thiocarbonyl (C=S) groups is 1. The van der Waals surface area contributed by atoms with Gasteiger partial charge in [-0.1, -0.05) is 0 Å². The number of nitrogens with two attached hydrogens (primary N) is 1. The largest absolute Gasteiger partial charge is 0.348 e. The average molecular weight is 368 g/mol. The molecule has 1 aromatic carbocycles. The Morgan fingerprint density at radius 3 is 2.50 bits per heavy atom. The zero-order valence-electron chi connectivity index (χ0n) is 13.9. The highest BCUT2D eigenvalue weighted by molar-refractivity contribution is 7.89. The number of hydrogen-bond acceptors (Lipinski definition) is 4. The van der Waals surface area contributed by atoms with Crippen LogP contribution in [0.1, 0.15) is 18.2 Å². The molecular formula is C15H21N5O2S2. The van der Waals surface area contributed by atoms with E-state index in [4.69, 9.17) is 17.4 Å². The number of aromatic nitrogens is 2. The first-order valence-corrected chi connectivity index (χ1v) is 9.34. The highest BCUT2D eigenvalue weighted by atomic mass is 32.2. The Bertz CT molecular complexity index is 828. The van der Waals surface area contributed by atoms with Crippen molar-refractivity contribution in [1.29, 1.82) is 0 Å². The quantitative estimate of drug-likeness (QED) is 0.781. The maximum atomic E-state index is 11.3. The van der Waals surface area contributed by atoms with Crippen LogP contribution in [0.2, 0.25) is 0 Å². The van der Waals surface area contributed by atoms with E-state index in [2.05, 4.69) is 10.4 Å². The van der Waals surface area contributed by atoms with Gasteiger partial charge in [0.1, 0.15) is 0 Å². The number of nitrogens with one attached hydrogen (secondary N) is 1. The molecular weight excluding hydrogens is 346 g/mol. The van der Waals surface area contributed by atoms with Crippen molar-refractivity contribution in [3.63, 3.8) is 0 Å². The molecule has 0 aliphatic heterocycles. The predicted octanol–water partition coefficient (Wildman–Crippen LogP) is 1.69. The van der Waals surface area contributed by atoms with Crippen molar-refractivity contribution < 1.29 is 8.42 Å². The molecule has 3 N–H and O–H groups in total. The van der Waals surface area contributed by atoms with Gasteiger partial charge < -0.3 is 10.2 Å². The summed E-state index contributed by atoms with van der Waals surface area (Å²) in [6, 6.07) is 6.13. The molecule has 0 amide bonds. The van der Waals surface area contributed by atoms with Crippen molar-refractivity contribution in [1.82, 2.24) is 14.7 Å². The predicted molar refractivity (Wildman–Crippen MR) is 98.1 cm³/mol. The number of hydrogen-bond donors (Lipinski definition) is 2. The van der Waals surface area contributed by atoms with E-state index in [0.717, 1.165) is 17.8 Å². The molecule has 0 bridgehead atoms. The minimum Gasteiger partial charge on any atom is -0.348 e. The lowest BCUT2D eigenvalue weighted by atomic mass is 10.2. The third kappa shape index (κ3) is 4.53. The van der Waals surface area contributed by atoms with E-state index in [1.807, 2.05) is 36.7 Å². The molecule has 130 valence electrons. The van der Waals surface area contributed by atoms with Crippen LogP contribution in [0.15, 0.2) is 35.4 Å². The Morgan fingerprint density at radius 1 is 1.38 bits per heavy atom. The topological polar surface area (TPSA) is 93.2 Å². The fourth-order valence-corrected chi connectivity index (χ4v) is 2.85. The van der Waals surface area contributed by atoms with Gasteiger partial charge in [-0.05, 0) is 50.3 Å². The molecule has 0 aliphatic rings. The fourth-order valence-electron chi connectivity index (χ4n) is 2.15. The van der Waals surface area contributed by atoms with Crippen LogP contribution < -0.4 is 10.5 Å². The second kappa shape index (κ2) is 7.29. The second-order valence-electron chi connectivity index (χ2n) is 5.45. The van der Waals surface area contributed by atoms with Gasteiger partial charge in [-0.3, -0.25) is 4.68 Å². The zero-order chi connectivity index (χ0) is 17.9. The number of benzene rings is 1. The van der Waals surface area contributed by atoms with E-state index in [0.29, 0.717) is 17.3 Å². The van der Waals surface area contributed by atoms with Gasteiger partial charge in [0.05, 0.1) is 10.6 Å². The highest BCUT2D eigenvalue weighted by Crippen LogP contribution is 2.14. The molecule has 0 atom stereocenters. The van der Waals surface area contributed by atoms with Crippen molar-refractivity contribution in [3.05, 3.63) is 41.7 Å². The van der Waals surface area contributed by atoms with Gasteiger partial charge in [0.2, 0.25) is 10.0 Å². The van der Waals surface area contributed by atoms with Crippen LogP contribution in [0.3, 0.4) is 0 Å². The summed E-state index contributed by atoms with van der Waals surface area (Å²) in [7, 11) is -1.80. The number of primary sulfonamides is 1. The number of sulfonamides is 1. The van der Waals surface area contributed by atoms with Gasteiger partial charge in [0.25, 0.3) is 0 Å². The minimum atomic E-state index is -3.69. The summed E-state index contributed by atoms with van der Waals surface area (Å²) in [4.78, 5) is 1.96. The molecule has 0 fully saturated rings. The molecule has 1 aromatic heterocycles. The number of nitrogens with zero attached hydrogens (tertiary/aromatic N) is 3. The highest BCUT2D eigenvalue weighted by Gasteiger charge is 2.11. The molecule has 1 heterocycles. The molecule has 0 aliphatic carbocycles. The van der Waals surface area contributed by atoms with E-state index in [1.165, 1.54) is 12.1 Å². The molecule has 0 radical (unpaired) electrons. The molecule has 0 unspecified atom stereocenters. The van der Waals surface area contributed by atoms with Crippen LogP contribution in [0.5, 0.6) is 0 Å². The second-order valence-corrected chi connectivity index (χ2v) is 7.40. The lowest BCUT2D eigenvalue weighted by Crippen LogP contribution is -2.30. The third-order valence-corrected chi connectivity index (χ3v) is 4.90. The average Bonchev–Trinajstić information content (AvgIpc) is 2.87. The summed E-state index contributed by atoms with van der Waals surface area (Å²) in [5.74, 6) is 0. The van der Waals surface area contributed by atoms with Gasteiger partial charge in [0, 0.05) is 37.6 Å². The first-order valence-electron chi connectivity index (χ1n) is 7.38. The van der Waals surface area contributed by atoms with E-state index in [9.17, 15) is 8.42 Å². The smallest absolute Gasteiger partial charge is 0.238 e. The summed E-state index contributed by atoms with van der Waals surface area (Å²) < 4.78 is 24.4. The molecule has 2 rings (SSSR count). The van der Waals surface area contributed by atoms with E-state index < -0.39 is 10.0 Å². The standard InChI is InChI=1S/C15H21N5O2S2/c1-4-20-10-12(11(2)18-20)9-19(3)15(23)17-13-5-7-14(8-6-13)24(16,21)22/h5-8,10H,4,9H2,1-3H3,(H,17,23)(H2,16,21,22). The van der Waals surface area contributed by atoms with Gasteiger partial charge in [-0.25, -0.2) is 13.6 Å².